The van der Waals surface area contributed by atoms with Gasteiger partial charge >= 0.3 is 5.69 Å². The predicted octanol–water partition coefficient (Wildman–Crippen LogP) is 1.50. The van der Waals surface area contributed by atoms with Gasteiger partial charge in [0.25, 0.3) is 0 Å². The standard InChI is InChI=1S/C12H12N4O/c1-6-4-9-10(5-7(6)2)14-12(17)16-11(9)13-8(3)15-16/h4-5H,1-3H3,(H,14,17). The summed E-state index contributed by atoms with van der Waals surface area (Å²) >= 11 is 0. The lowest BCUT2D eigenvalue weighted by Crippen LogP contribution is -2.17. The Hall–Kier alpha value is -2.17. The van der Waals surface area contributed by atoms with Crippen LogP contribution in [0.4, 0.5) is 0 Å². The second-order valence-electron chi connectivity index (χ2n) is 4.31. The summed E-state index contributed by atoms with van der Waals surface area (Å²) in [5, 5.41) is 5.00. The lowest BCUT2D eigenvalue weighted by atomic mass is 10.1. The molecule has 5 heteroatoms. The zero-order valence-electron chi connectivity index (χ0n) is 9.90. The Morgan fingerprint density at radius 1 is 1.18 bits per heavy atom. The highest BCUT2D eigenvalue weighted by atomic mass is 16.1. The molecule has 0 aliphatic rings. The molecule has 0 spiro atoms. The number of benzene rings is 1. The fourth-order valence-corrected chi connectivity index (χ4v) is 2.00. The van der Waals surface area contributed by atoms with Gasteiger partial charge in [0.05, 0.1) is 5.52 Å². The Morgan fingerprint density at radius 2 is 1.88 bits per heavy atom. The summed E-state index contributed by atoms with van der Waals surface area (Å²) in [6.07, 6.45) is 0. The number of aromatic nitrogens is 4. The fourth-order valence-electron chi connectivity index (χ4n) is 2.00. The number of nitrogens with zero attached hydrogens (tertiary/aromatic N) is 3. The fraction of sp³-hybridized carbons (Fsp3) is 0.250. The first-order valence-electron chi connectivity index (χ1n) is 5.43. The molecule has 0 amide bonds. The zero-order valence-corrected chi connectivity index (χ0v) is 9.90. The maximum atomic E-state index is 11.8. The Labute approximate surface area is 97.1 Å². The van der Waals surface area contributed by atoms with Crippen molar-refractivity contribution in [2.24, 2.45) is 0 Å². The van der Waals surface area contributed by atoms with Crippen LogP contribution in [-0.4, -0.2) is 19.6 Å². The van der Waals surface area contributed by atoms with E-state index in [0.29, 0.717) is 11.5 Å². The van der Waals surface area contributed by atoms with E-state index in [2.05, 4.69) is 15.1 Å². The van der Waals surface area contributed by atoms with E-state index >= 15 is 0 Å². The van der Waals surface area contributed by atoms with Gasteiger partial charge < -0.3 is 4.98 Å². The Morgan fingerprint density at radius 3 is 2.65 bits per heavy atom. The smallest absolute Gasteiger partial charge is 0.305 e. The van der Waals surface area contributed by atoms with Crippen LogP contribution in [0.2, 0.25) is 0 Å². The first-order chi connectivity index (χ1) is 8.06. The lowest BCUT2D eigenvalue weighted by molar-refractivity contribution is 0.863. The highest BCUT2D eigenvalue weighted by molar-refractivity contribution is 5.91. The van der Waals surface area contributed by atoms with Crippen molar-refractivity contribution in [3.8, 4) is 0 Å². The molecule has 0 saturated carbocycles. The van der Waals surface area contributed by atoms with Gasteiger partial charge in [0.2, 0.25) is 0 Å². The van der Waals surface area contributed by atoms with Crippen LogP contribution in [0.15, 0.2) is 16.9 Å². The summed E-state index contributed by atoms with van der Waals surface area (Å²) in [6, 6.07) is 4.00. The molecular formula is C12H12N4O. The van der Waals surface area contributed by atoms with E-state index in [4.69, 9.17) is 0 Å². The van der Waals surface area contributed by atoms with Gasteiger partial charge in [0, 0.05) is 5.39 Å². The van der Waals surface area contributed by atoms with Crippen molar-refractivity contribution >= 4 is 16.6 Å². The number of H-pyrrole nitrogens is 1. The minimum Gasteiger partial charge on any atom is -0.305 e. The summed E-state index contributed by atoms with van der Waals surface area (Å²) in [5.74, 6) is 0.598. The van der Waals surface area contributed by atoms with E-state index in [0.717, 1.165) is 16.5 Å². The Balaban J connectivity index is 2.62. The molecule has 0 saturated heterocycles. The van der Waals surface area contributed by atoms with E-state index in [-0.39, 0.29) is 5.69 Å². The molecule has 86 valence electrons. The number of hydrogen-bond donors (Lipinski definition) is 1. The van der Waals surface area contributed by atoms with Gasteiger partial charge in [0.1, 0.15) is 5.82 Å². The molecule has 2 heterocycles. The summed E-state index contributed by atoms with van der Waals surface area (Å²) < 4.78 is 1.31. The van der Waals surface area contributed by atoms with Crippen LogP contribution < -0.4 is 5.69 Å². The number of aryl methyl sites for hydroxylation is 3. The van der Waals surface area contributed by atoms with Crippen molar-refractivity contribution in [1.82, 2.24) is 19.6 Å². The quantitative estimate of drug-likeness (QED) is 0.634. The van der Waals surface area contributed by atoms with Crippen LogP contribution in [0, 0.1) is 20.8 Å². The van der Waals surface area contributed by atoms with Gasteiger partial charge in [-0.05, 0) is 44.0 Å². The number of fused-ring (bicyclic) bond motifs is 3. The van der Waals surface area contributed by atoms with Crippen molar-refractivity contribution in [1.29, 1.82) is 0 Å². The third kappa shape index (κ3) is 1.35. The minimum atomic E-state index is -0.253. The molecule has 1 aromatic carbocycles. The average Bonchev–Trinajstić information content (AvgIpc) is 2.64. The van der Waals surface area contributed by atoms with Gasteiger partial charge in [-0.15, -0.1) is 5.10 Å². The second-order valence-corrected chi connectivity index (χ2v) is 4.31. The zero-order chi connectivity index (χ0) is 12.2. The van der Waals surface area contributed by atoms with E-state index in [9.17, 15) is 4.79 Å². The molecule has 5 nitrogen and oxygen atoms in total. The topological polar surface area (TPSA) is 63.0 Å². The summed E-state index contributed by atoms with van der Waals surface area (Å²) in [7, 11) is 0. The number of aromatic amines is 1. The molecule has 0 fully saturated rings. The third-order valence-electron chi connectivity index (χ3n) is 3.02. The summed E-state index contributed by atoms with van der Waals surface area (Å²) in [4.78, 5) is 18.9. The molecule has 0 aliphatic carbocycles. The third-order valence-corrected chi connectivity index (χ3v) is 3.02. The molecule has 3 aromatic rings. The number of rotatable bonds is 0. The first-order valence-corrected chi connectivity index (χ1v) is 5.43. The molecule has 2 aromatic heterocycles. The normalized spacial score (nSPS) is 11.5. The monoisotopic (exact) mass is 228 g/mol. The van der Waals surface area contributed by atoms with Gasteiger partial charge in [-0.3, -0.25) is 0 Å². The van der Waals surface area contributed by atoms with Gasteiger partial charge in [-0.1, -0.05) is 0 Å². The highest BCUT2D eigenvalue weighted by Gasteiger charge is 2.09. The highest BCUT2D eigenvalue weighted by Crippen LogP contribution is 2.19. The maximum absolute atomic E-state index is 11.8. The molecule has 0 bridgehead atoms. The molecule has 0 aliphatic heterocycles. The van der Waals surface area contributed by atoms with Gasteiger partial charge in [0.15, 0.2) is 5.65 Å². The Kier molecular flexibility index (Phi) is 1.86. The molecule has 1 N–H and O–H groups in total. The molecule has 0 radical (unpaired) electrons. The maximum Gasteiger partial charge on any atom is 0.348 e. The van der Waals surface area contributed by atoms with Gasteiger partial charge in [-0.25, -0.2) is 9.78 Å². The average molecular weight is 228 g/mol. The molecule has 0 unspecified atom stereocenters. The molecule has 3 rings (SSSR count). The Bertz CT molecular complexity index is 797. The van der Waals surface area contributed by atoms with Crippen LogP contribution >= 0.6 is 0 Å². The van der Waals surface area contributed by atoms with E-state index < -0.39 is 0 Å². The molecular weight excluding hydrogens is 216 g/mol. The summed E-state index contributed by atoms with van der Waals surface area (Å²) in [6.45, 7) is 5.84. The van der Waals surface area contributed by atoms with Crippen molar-refractivity contribution < 1.29 is 0 Å². The molecule has 17 heavy (non-hydrogen) atoms. The van der Waals surface area contributed by atoms with Crippen molar-refractivity contribution in [2.75, 3.05) is 0 Å². The number of nitrogens with one attached hydrogen (secondary N) is 1. The number of hydrogen-bond acceptors (Lipinski definition) is 3. The second kappa shape index (κ2) is 3.16. The summed E-state index contributed by atoms with van der Waals surface area (Å²) in [5.41, 5.74) is 3.49. The van der Waals surface area contributed by atoms with Crippen LogP contribution in [0.5, 0.6) is 0 Å². The van der Waals surface area contributed by atoms with Gasteiger partial charge in [-0.2, -0.15) is 4.52 Å². The predicted molar refractivity (Wildman–Crippen MR) is 65.3 cm³/mol. The van der Waals surface area contributed by atoms with Crippen molar-refractivity contribution in [3.05, 3.63) is 39.6 Å². The van der Waals surface area contributed by atoms with Crippen molar-refractivity contribution in [2.45, 2.75) is 20.8 Å². The largest absolute Gasteiger partial charge is 0.348 e. The van der Waals surface area contributed by atoms with Crippen molar-refractivity contribution in [3.63, 3.8) is 0 Å². The lowest BCUT2D eigenvalue weighted by Gasteiger charge is -2.04. The molecule has 0 atom stereocenters. The van der Waals surface area contributed by atoms with Crippen LogP contribution in [0.25, 0.3) is 16.6 Å². The van der Waals surface area contributed by atoms with Crippen LogP contribution in [-0.2, 0) is 0 Å². The van der Waals surface area contributed by atoms with Crippen LogP contribution in [0.3, 0.4) is 0 Å². The van der Waals surface area contributed by atoms with E-state index in [1.54, 1.807) is 6.92 Å². The SMILES string of the molecule is Cc1nc2c3cc(C)c(C)cc3[nH]c(=O)n2n1. The van der Waals surface area contributed by atoms with E-state index in [1.165, 1.54) is 10.1 Å². The van der Waals surface area contributed by atoms with E-state index in [1.807, 2.05) is 26.0 Å². The first kappa shape index (κ1) is 10.0. The minimum absolute atomic E-state index is 0.253. The van der Waals surface area contributed by atoms with Crippen LogP contribution in [0.1, 0.15) is 17.0 Å².